The Balaban J connectivity index is 1.97. The predicted octanol–water partition coefficient (Wildman–Crippen LogP) is 3.13. The topological polar surface area (TPSA) is 29.5 Å². The van der Waals surface area contributed by atoms with Crippen molar-refractivity contribution in [3.8, 4) is 0 Å². The third kappa shape index (κ3) is 3.48. The van der Waals surface area contributed by atoms with Crippen molar-refractivity contribution in [3.63, 3.8) is 0 Å². The van der Waals surface area contributed by atoms with E-state index < -0.39 is 0 Å². The maximum absolute atomic E-state index is 12.1. The summed E-state index contributed by atoms with van der Waals surface area (Å²) in [5.41, 5.74) is 0.626. The highest BCUT2D eigenvalue weighted by Gasteiger charge is 2.32. The molecule has 108 valence electrons. The second kappa shape index (κ2) is 6.71. The summed E-state index contributed by atoms with van der Waals surface area (Å²) in [5, 5.41) is 0. The van der Waals surface area contributed by atoms with Crippen LogP contribution in [-0.2, 0) is 4.74 Å². The summed E-state index contributed by atoms with van der Waals surface area (Å²) in [6.07, 6.45) is 2.81. The average molecular weight is 273 g/mol. The van der Waals surface area contributed by atoms with Gasteiger partial charge in [0, 0.05) is 31.5 Å². The van der Waals surface area contributed by atoms with Gasteiger partial charge in [0.25, 0.3) is 0 Å². The highest BCUT2D eigenvalue weighted by molar-refractivity contribution is 5.89. The van der Waals surface area contributed by atoms with Gasteiger partial charge in [0.05, 0.1) is 5.56 Å². The van der Waals surface area contributed by atoms with Gasteiger partial charge in [0.2, 0.25) is 0 Å². The Morgan fingerprint density at radius 3 is 2.75 bits per heavy atom. The summed E-state index contributed by atoms with van der Waals surface area (Å²) < 4.78 is 5.70. The molecule has 0 spiro atoms. The molecule has 0 radical (unpaired) electrons. The Labute approximate surface area is 121 Å². The molecular formula is C17H23NO2. The van der Waals surface area contributed by atoms with E-state index in [1.54, 1.807) is 12.1 Å². The first-order valence-electron chi connectivity index (χ1n) is 7.22. The fraction of sp³-hybridized carbons (Fsp3) is 0.471. The second-order valence-corrected chi connectivity index (χ2v) is 5.61. The lowest BCUT2D eigenvalue weighted by Crippen LogP contribution is -2.48. The van der Waals surface area contributed by atoms with E-state index in [9.17, 15) is 4.79 Å². The lowest BCUT2D eigenvalue weighted by molar-refractivity contribution is -0.0228. The van der Waals surface area contributed by atoms with Gasteiger partial charge in [-0.1, -0.05) is 31.2 Å². The van der Waals surface area contributed by atoms with Crippen molar-refractivity contribution in [2.75, 3.05) is 13.1 Å². The molecule has 0 aromatic heterocycles. The zero-order valence-electron chi connectivity index (χ0n) is 12.3. The molecule has 0 saturated carbocycles. The van der Waals surface area contributed by atoms with Gasteiger partial charge < -0.3 is 4.74 Å². The number of hydrogen-bond acceptors (Lipinski definition) is 3. The maximum Gasteiger partial charge on any atom is 0.338 e. The summed E-state index contributed by atoms with van der Waals surface area (Å²) in [7, 11) is 0. The Morgan fingerprint density at radius 2 is 2.10 bits per heavy atom. The molecule has 1 saturated heterocycles. The Bertz CT molecular complexity index is 457. The van der Waals surface area contributed by atoms with Crippen LogP contribution < -0.4 is 0 Å². The summed E-state index contributed by atoms with van der Waals surface area (Å²) in [6.45, 7) is 9.96. The lowest BCUT2D eigenvalue weighted by Gasteiger charge is -2.40. The van der Waals surface area contributed by atoms with Gasteiger partial charge in [-0.2, -0.15) is 0 Å². The molecule has 1 heterocycles. The zero-order chi connectivity index (χ0) is 14.5. The highest BCUT2D eigenvalue weighted by Crippen LogP contribution is 2.25. The van der Waals surface area contributed by atoms with Crippen LogP contribution in [0.15, 0.2) is 43.0 Å². The first-order valence-corrected chi connectivity index (χ1v) is 7.22. The van der Waals surface area contributed by atoms with Crippen LogP contribution in [0.5, 0.6) is 0 Å². The smallest absolute Gasteiger partial charge is 0.338 e. The zero-order valence-corrected chi connectivity index (χ0v) is 12.3. The number of ether oxygens (including phenoxy) is 1. The Morgan fingerprint density at radius 1 is 1.40 bits per heavy atom. The third-order valence-corrected chi connectivity index (χ3v) is 3.99. The van der Waals surface area contributed by atoms with E-state index in [0.29, 0.717) is 17.5 Å². The van der Waals surface area contributed by atoms with E-state index in [0.717, 1.165) is 19.5 Å². The minimum atomic E-state index is -0.216. The van der Waals surface area contributed by atoms with Crippen molar-refractivity contribution < 1.29 is 9.53 Å². The molecule has 1 aliphatic rings. The summed E-state index contributed by atoms with van der Waals surface area (Å²) in [5.74, 6) is 0.130. The predicted molar refractivity (Wildman–Crippen MR) is 80.7 cm³/mol. The van der Waals surface area contributed by atoms with Gasteiger partial charge in [0.1, 0.15) is 6.10 Å². The van der Waals surface area contributed by atoms with E-state index in [1.807, 2.05) is 24.3 Å². The molecule has 3 heteroatoms. The van der Waals surface area contributed by atoms with Crippen LogP contribution in [0.25, 0.3) is 0 Å². The molecule has 3 atom stereocenters. The van der Waals surface area contributed by atoms with Crippen molar-refractivity contribution in [1.29, 1.82) is 0 Å². The van der Waals surface area contributed by atoms with Crippen LogP contribution in [-0.4, -0.2) is 36.1 Å². The first kappa shape index (κ1) is 14.8. The van der Waals surface area contributed by atoms with Crippen LogP contribution in [0.2, 0.25) is 0 Å². The second-order valence-electron chi connectivity index (χ2n) is 5.61. The number of likely N-dealkylation sites (tertiary alicyclic amines) is 1. The SMILES string of the molecule is C=CCN1C[C@H](C)[C@H](OC(=O)c2ccccc2)C[C@H]1C. The summed E-state index contributed by atoms with van der Waals surface area (Å²) in [4.78, 5) is 14.5. The molecule has 0 aliphatic carbocycles. The van der Waals surface area contributed by atoms with Crippen molar-refractivity contribution in [3.05, 3.63) is 48.6 Å². The quantitative estimate of drug-likeness (QED) is 0.623. The van der Waals surface area contributed by atoms with Gasteiger partial charge >= 0.3 is 5.97 Å². The molecule has 3 nitrogen and oxygen atoms in total. The van der Waals surface area contributed by atoms with Crippen molar-refractivity contribution >= 4 is 5.97 Å². The van der Waals surface area contributed by atoms with Crippen molar-refractivity contribution in [2.45, 2.75) is 32.4 Å². The van der Waals surface area contributed by atoms with E-state index in [2.05, 4.69) is 25.3 Å². The van der Waals surface area contributed by atoms with Gasteiger partial charge in [-0.15, -0.1) is 6.58 Å². The number of piperidine rings is 1. The standard InChI is InChI=1S/C17H23NO2/c1-4-10-18-12-13(2)16(11-14(18)3)20-17(19)15-8-6-5-7-9-15/h4-9,13-14,16H,1,10-12H2,2-3H3/t13-,14+,16+/m0/s1. The van der Waals surface area contributed by atoms with E-state index >= 15 is 0 Å². The average Bonchev–Trinajstić information content (AvgIpc) is 2.45. The molecular weight excluding hydrogens is 250 g/mol. The van der Waals surface area contributed by atoms with Crippen molar-refractivity contribution in [1.82, 2.24) is 4.90 Å². The fourth-order valence-electron chi connectivity index (χ4n) is 2.75. The number of carbonyl (C=O) groups excluding carboxylic acids is 1. The molecule has 1 fully saturated rings. The normalized spacial score (nSPS) is 27.0. The van der Waals surface area contributed by atoms with Crippen molar-refractivity contribution in [2.24, 2.45) is 5.92 Å². The van der Waals surface area contributed by atoms with Gasteiger partial charge in [0.15, 0.2) is 0 Å². The number of carbonyl (C=O) groups is 1. The van der Waals surface area contributed by atoms with Crippen LogP contribution in [0.1, 0.15) is 30.6 Å². The molecule has 1 aromatic carbocycles. The maximum atomic E-state index is 12.1. The molecule has 1 aliphatic heterocycles. The largest absolute Gasteiger partial charge is 0.458 e. The molecule has 20 heavy (non-hydrogen) atoms. The minimum absolute atomic E-state index is 0.00114. The molecule has 0 unspecified atom stereocenters. The number of rotatable bonds is 4. The molecule has 0 amide bonds. The monoisotopic (exact) mass is 273 g/mol. The third-order valence-electron chi connectivity index (χ3n) is 3.99. The van der Waals surface area contributed by atoms with Gasteiger partial charge in [-0.25, -0.2) is 4.79 Å². The number of esters is 1. The fourth-order valence-corrected chi connectivity index (χ4v) is 2.75. The number of benzene rings is 1. The summed E-state index contributed by atoms with van der Waals surface area (Å²) >= 11 is 0. The van der Waals surface area contributed by atoms with Gasteiger partial charge in [-0.3, -0.25) is 4.90 Å². The highest BCUT2D eigenvalue weighted by atomic mass is 16.5. The van der Waals surface area contributed by atoms with Gasteiger partial charge in [-0.05, 0) is 19.1 Å². The van der Waals surface area contributed by atoms with E-state index in [1.165, 1.54) is 0 Å². The molecule has 0 N–H and O–H groups in total. The first-order chi connectivity index (χ1) is 9.61. The molecule has 2 rings (SSSR count). The minimum Gasteiger partial charge on any atom is -0.458 e. The Hall–Kier alpha value is -1.61. The van der Waals surface area contributed by atoms with E-state index in [4.69, 9.17) is 4.74 Å². The molecule has 0 bridgehead atoms. The van der Waals surface area contributed by atoms with Crippen LogP contribution in [0, 0.1) is 5.92 Å². The van der Waals surface area contributed by atoms with Crippen LogP contribution >= 0.6 is 0 Å². The summed E-state index contributed by atoms with van der Waals surface area (Å²) in [6, 6.07) is 9.62. The lowest BCUT2D eigenvalue weighted by atomic mass is 9.91. The number of hydrogen-bond donors (Lipinski definition) is 0. The van der Waals surface area contributed by atoms with E-state index in [-0.39, 0.29) is 12.1 Å². The number of nitrogens with zero attached hydrogens (tertiary/aromatic N) is 1. The Kier molecular flexibility index (Phi) is 4.96. The van der Waals surface area contributed by atoms with Crippen LogP contribution in [0.3, 0.4) is 0 Å². The molecule has 1 aromatic rings. The van der Waals surface area contributed by atoms with Crippen LogP contribution in [0.4, 0.5) is 0 Å².